The number of benzene rings is 2. The van der Waals surface area contributed by atoms with Gasteiger partial charge in [-0.3, -0.25) is 9.98 Å². The minimum absolute atomic E-state index is 0.101. The first kappa shape index (κ1) is 20.6. The summed E-state index contributed by atoms with van der Waals surface area (Å²) in [4.78, 5) is 7.24. The Hall–Kier alpha value is -2.46. The van der Waals surface area contributed by atoms with Crippen molar-refractivity contribution in [3.8, 4) is 5.75 Å². The Bertz CT molecular complexity index is 1050. The van der Waals surface area contributed by atoms with Gasteiger partial charge < -0.3 is 10.8 Å². The number of phenols is 1. The lowest BCUT2D eigenvalue weighted by molar-refractivity contribution is 0.481. The van der Waals surface area contributed by atoms with Crippen LogP contribution in [0.4, 0.5) is 17.1 Å². The average Bonchev–Trinajstić information content (AvgIpc) is 2.44. The van der Waals surface area contributed by atoms with Crippen LogP contribution >= 0.6 is 0 Å². The van der Waals surface area contributed by atoms with Gasteiger partial charge in [0.1, 0.15) is 15.5 Å². The molecule has 0 amide bonds. The molecule has 136 valence electrons. The van der Waals surface area contributed by atoms with Crippen LogP contribution in [0.25, 0.3) is 10.8 Å². The minimum atomic E-state index is -3.56. The average molecular weight is 385 g/mol. The number of rotatable bonds is 3. The van der Waals surface area contributed by atoms with E-state index in [1.54, 1.807) is 12.1 Å². The molecule has 10 heteroatoms. The summed E-state index contributed by atoms with van der Waals surface area (Å²) in [6.45, 7) is 6.68. The van der Waals surface area contributed by atoms with E-state index in [-0.39, 0.29) is 27.4 Å². The Kier molecular flexibility index (Phi) is 5.92. The van der Waals surface area contributed by atoms with Gasteiger partial charge >= 0.3 is 0 Å². The second-order valence-electron chi connectivity index (χ2n) is 5.40. The maximum atomic E-state index is 11.8. The summed E-state index contributed by atoms with van der Waals surface area (Å²) < 4.78 is 42.8. The summed E-state index contributed by atoms with van der Waals surface area (Å²) in [5.41, 5.74) is 6.40. The van der Waals surface area contributed by atoms with Crippen LogP contribution in [0.1, 0.15) is 0 Å². The molecule has 2 rings (SSSR count). The molecule has 0 saturated carbocycles. The Morgan fingerprint density at radius 1 is 1.04 bits per heavy atom. The quantitative estimate of drug-likeness (QED) is 0.610. The summed E-state index contributed by atoms with van der Waals surface area (Å²) in [6.07, 6.45) is 3.35. The molecular weight excluding hydrogens is 366 g/mol. The zero-order valence-corrected chi connectivity index (χ0v) is 15.6. The molecule has 0 saturated heterocycles. The number of aromatic hydroxyl groups is 1. The molecule has 0 aliphatic heterocycles. The van der Waals surface area contributed by atoms with Crippen molar-refractivity contribution in [3.63, 3.8) is 0 Å². The minimum Gasteiger partial charge on any atom is -0.505 e. The smallest absolute Gasteiger partial charge is 0.177 e. The summed E-state index contributed by atoms with van der Waals surface area (Å²) in [6, 6.07) is 4.60. The van der Waals surface area contributed by atoms with Gasteiger partial charge in [0, 0.05) is 18.8 Å². The fraction of sp³-hybridized carbons (Fsp3) is 0.200. The molecule has 0 aliphatic carbocycles. The standard InChI is InChI=1S/C13H13N3O3S.C2H6O2S/c1-15-8-5-4-7-6-9(20(3,18)19)12(16-2)13(17)10(7)11(8)14;1-5(2,3)4/h4-6,17H,1-2,14H2,3H3;1-2H3. The highest BCUT2D eigenvalue weighted by Gasteiger charge is 2.21. The zero-order valence-electron chi connectivity index (χ0n) is 14.0. The van der Waals surface area contributed by atoms with Crippen molar-refractivity contribution in [1.82, 2.24) is 0 Å². The van der Waals surface area contributed by atoms with Crippen molar-refractivity contribution in [2.45, 2.75) is 4.90 Å². The number of sulfone groups is 2. The molecule has 0 aliphatic rings. The van der Waals surface area contributed by atoms with Gasteiger partial charge in [0.05, 0.1) is 21.7 Å². The molecule has 0 spiro atoms. The van der Waals surface area contributed by atoms with E-state index >= 15 is 0 Å². The highest BCUT2D eigenvalue weighted by atomic mass is 32.2. The number of hydrogen-bond acceptors (Lipinski definition) is 8. The summed E-state index contributed by atoms with van der Waals surface area (Å²) >= 11 is 0. The van der Waals surface area contributed by atoms with E-state index in [4.69, 9.17) is 5.73 Å². The van der Waals surface area contributed by atoms with Crippen LogP contribution in [0.5, 0.6) is 5.75 Å². The Morgan fingerprint density at radius 3 is 1.96 bits per heavy atom. The van der Waals surface area contributed by atoms with Crippen LogP contribution in [0.15, 0.2) is 33.1 Å². The molecule has 0 aromatic heterocycles. The molecule has 8 nitrogen and oxygen atoms in total. The molecule has 0 bridgehead atoms. The molecule has 25 heavy (non-hydrogen) atoms. The van der Waals surface area contributed by atoms with Gasteiger partial charge in [0.25, 0.3) is 0 Å². The predicted molar refractivity (Wildman–Crippen MR) is 102 cm³/mol. The molecule has 0 atom stereocenters. The number of hydrogen-bond donors (Lipinski definition) is 2. The Balaban J connectivity index is 0.000000550. The maximum absolute atomic E-state index is 11.8. The third-order valence-electron chi connectivity index (χ3n) is 2.96. The second kappa shape index (κ2) is 7.19. The van der Waals surface area contributed by atoms with Crippen LogP contribution < -0.4 is 5.73 Å². The number of anilines is 1. The predicted octanol–water partition coefficient (Wildman–Crippen LogP) is 1.86. The summed E-state index contributed by atoms with van der Waals surface area (Å²) in [5.74, 6) is -0.332. The largest absolute Gasteiger partial charge is 0.505 e. The van der Waals surface area contributed by atoms with Crippen molar-refractivity contribution in [2.24, 2.45) is 9.98 Å². The van der Waals surface area contributed by atoms with Crippen molar-refractivity contribution in [2.75, 3.05) is 24.5 Å². The van der Waals surface area contributed by atoms with Crippen LogP contribution in [-0.2, 0) is 19.7 Å². The van der Waals surface area contributed by atoms with E-state index in [1.807, 2.05) is 0 Å². The van der Waals surface area contributed by atoms with E-state index in [9.17, 15) is 21.9 Å². The van der Waals surface area contributed by atoms with Crippen molar-refractivity contribution in [3.05, 3.63) is 18.2 Å². The molecule has 2 aromatic rings. The zero-order chi connectivity index (χ0) is 19.6. The van der Waals surface area contributed by atoms with E-state index in [2.05, 4.69) is 23.4 Å². The highest BCUT2D eigenvalue weighted by Crippen LogP contribution is 2.44. The van der Waals surface area contributed by atoms with E-state index < -0.39 is 19.7 Å². The van der Waals surface area contributed by atoms with E-state index in [1.165, 1.54) is 6.07 Å². The summed E-state index contributed by atoms with van der Waals surface area (Å²) in [5, 5.41) is 11.0. The number of nitrogen functional groups attached to an aromatic ring is 1. The molecule has 0 radical (unpaired) electrons. The monoisotopic (exact) mass is 385 g/mol. The van der Waals surface area contributed by atoms with Crippen LogP contribution in [0.2, 0.25) is 0 Å². The lowest BCUT2D eigenvalue weighted by Crippen LogP contribution is -1.99. The van der Waals surface area contributed by atoms with Crippen molar-refractivity contribution < 1.29 is 21.9 Å². The molecule has 0 unspecified atom stereocenters. The first-order valence-electron chi connectivity index (χ1n) is 6.68. The lowest BCUT2D eigenvalue weighted by atomic mass is 10.1. The Labute approximate surface area is 146 Å². The molecular formula is C15H19N3O5S2. The fourth-order valence-corrected chi connectivity index (χ4v) is 2.88. The number of fused-ring (bicyclic) bond motifs is 1. The van der Waals surface area contributed by atoms with Gasteiger partial charge in [-0.05, 0) is 31.0 Å². The second-order valence-corrected chi connectivity index (χ2v) is 9.67. The molecule has 2 aromatic carbocycles. The third kappa shape index (κ3) is 5.00. The van der Waals surface area contributed by atoms with Crippen LogP contribution in [-0.4, -0.2) is 54.1 Å². The van der Waals surface area contributed by atoms with E-state index in [0.717, 1.165) is 18.8 Å². The summed E-state index contributed by atoms with van der Waals surface area (Å²) in [7, 11) is -6.23. The van der Waals surface area contributed by atoms with Gasteiger partial charge in [-0.15, -0.1) is 0 Å². The van der Waals surface area contributed by atoms with Gasteiger partial charge in [-0.25, -0.2) is 16.8 Å². The number of nitrogens with zero attached hydrogens (tertiary/aromatic N) is 2. The van der Waals surface area contributed by atoms with Crippen LogP contribution in [0, 0.1) is 0 Å². The lowest BCUT2D eigenvalue weighted by Gasteiger charge is -2.12. The molecule has 3 N–H and O–H groups in total. The van der Waals surface area contributed by atoms with E-state index in [0.29, 0.717) is 11.1 Å². The van der Waals surface area contributed by atoms with Crippen molar-refractivity contribution in [1.29, 1.82) is 0 Å². The Morgan fingerprint density at radius 2 is 1.56 bits per heavy atom. The highest BCUT2D eigenvalue weighted by molar-refractivity contribution is 7.91. The third-order valence-corrected chi connectivity index (χ3v) is 4.07. The molecule has 0 heterocycles. The van der Waals surface area contributed by atoms with Crippen LogP contribution in [0.3, 0.4) is 0 Å². The van der Waals surface area contributed by atoms with Gasteiger partial charge in [-0.1, -0.05) is 6.07 Å². The number of nitrogens with two attached hydrogens (primary N) is 1. The fourth-order valence-electron chi connectivity index (χ4n) is 2.03. The SMILES string of the molecule is C=Nc1ccc2cc(S(C)(=O)=O)c(N=C)c(O)c2c1N.CS(C)(=O)=O. The normalized spacial score (nSPS) is 11.5. The topological polar surface area (TPSA) is 139 Å². The van der Waals surface area contributed by atoms with Crippen molar-refractivity contribution >= 4 is 60.9 Å². The first-order chi connectivity index (χ1) is 11.3. The van der Waals surface area contributed by atoms with Gasteiger partial charge in [0.15, 0.2) is 15.6 Å². The molecule has 0 fully saturated rings. The first-order valence-corrected chi connectivity index (χ1v) is 10.9. The number of phenolic OH excluding ortho intramolecular Hbond substituents is 1. The maximum Gasteiger partial charge on any atom is 0.177 e. The van der Waals surface area contributed by atoms with Gasteiger partial charge in [0.2, 0.25) is 0 Å². The number of aliphatic imine (C=N–C) groups is 2. The van der Waals surface area contributed by atoms with Gasteiger partial charge in [-0.2, -0.15) is 0 Å².